The predicted octanol–water partition coefficient (Wildman–Crippen LogP) is 4.21. The Bertz CT molecular complexity index is 652. The molecule has 0 unspecified atom stereocenters. The molecule has 0 bridgehead atoms. The highest BCUT2D eigenvalue weighted by Gasteiger charge is 2.32. The molecule has 1 aromatic heterocycles. The van der Waals surface area contributed by atoms with Gasteiger partial charge in [-0.2, -0.15) is 0 Å². The van der Waals surface area contributed by atoms with Crippen molar-refractivity contribution >= 4 is 39.7 Å². The molecule has 20 heavy (non-hydrogen) atoms. The smallest absolute Gasteiger partial charge is 0.315 e. The zero-order valence-corrected chi connectivity index (χ0v) is 13.0. The highest BCUT2D eigenvalue weighted by molar-refractivity contribution is 7.13. The highest BCUT2D eigenvalue weighted by Crippen LogP contribution is 2.30. The first-order valence-corrected chi connectivity index (χ1v) is 7.29. The number of carboxylic acids is 1. The van der Waals surface area contributed by atoms with Gasteiger partial charge in [-0.3, -0.25) is 4.79 Å². The number of hydrogen-bond donors (Lipinski definition) is 2. The molecule has 0 spiro atoms. The van der Waals surface area contributed by atoms with Gasteiger partial charge in [0.1, 0.15) is 5.41 Å². The molecule has 1 aromatic carbocycles. The molecule has 0 amide bonds. The summed E-state index contributed by atoms with van der Waals surface area (Å²) in [6.45, 7) is 5.24. The van der Waals surface area contributed by atoms with Gasteiger partial charge in [0.25, 0.3) is 0 Å². The molecule has 106 valence electrons. The molecule has 2 rings (SSSR count). The van der Waals surface area contributed by atoms with E-state index in [0.29, 0.717) is 15.8 Å². The summed E-state index contributed by atoms with van der Waals surface area (Å²) < 4.78 is 0. The summed E-state index contributed by atoms with van der Waals surface area (Å²) in [5.41, 5.74) is 1.45. The minimum absolute atomic E-state index is 0.539. The second-order valence-electron chi connectivity index (χ2n) is 5.05. The van der Waals surface area contributed by atoms with E-state index in [0.717, 1.165) is 11.3 Å². The van der Waals surface area contributed by atoms with Crippen molar-refractivity contribution in [2.24, 2.45) is 0 Å². The van der Waals surface area contributed by atoms with Crippen molar-refractivity contribution in [1.29, 1.82) is 0 Å². The number of nitrogens with zero attached hydrogens (tertiary/aromatic N) is 1. The van der Waals surface area contributed by atoms with Crippen LogP contribution in [-0.4, -0.2) is 16.1 Å². The van der Waals surface area contributed by atoms with E-state index in [4.69, 9.17) is 11.6 Å². The molecular formula is C14H15ClN2O2S. The van der Waals surface area contributed by atoms with Crippen LogP contribution in [0.4, 0.5) is 10.8 Å². The fourth-order valence-electron chi connectivity index (χ4n) is 1.57. The SMILES string of the molecule is Cc1ccc(Cl)cc1Nc1nc(C(C)(C)C(=O)O)cs1. The Kier molecular flexibility index (Phi) is 4.01. The average Bonchev–Trinajstić information content (AvgIpc) is 2.83. The lowest BCUT2D eigenvalue weighted by molar-refractivity contribution is -0.142. The van der Waals surface area contributed by atoms with E-state index in [9.17, 15) is 9.90 Å². The van der Waals surface area contributed by atoms with Crippen molar-refractivity contribution in [2.45, 2.75) is 26.2 Å². The number of hydrogen-bond acceptors (Lipinski definition) is 4. The molecule has 0 aliphatic heterocycles. The third kappa shape index (κ3) is 2.94. The van der Waals surface area contributed by atoms with Crippen LogP contribution in [0.15, 0.2) is 23.6 Å². The van der Waals surface area contributed by atoms with Gasteiger partial charge in [-0.25, -0.2) is 4.98 Å². The molecule has 0 radical (unpaired) electrons. The normalized spacial score (nSPS) is 11.4. The highest BCUT2D eigenvalue weighted by atomic mass is 35.5. The molecule has 4 nitrogen and oxygen atoms in total. The van der Waals surface area contributed by atoms with Crippen molar-refractivity contribution in [3.8, 4) is 0 Å². The van der Waals surface area contributed by atoms with E-state index in [1.165, 1.54) is 11.3 Å². The minimum atomic E-state index is -1.00. The fraction of sp³-hybridized carbons (Fsp3) is 0.286. The summed E-state index contributed by atoms with van der Waals surface area (Å²) in [7, 11) is 0. The Hall–Kier alpha value is -1.59. The molecule has 2 aromatic rings. The van der Waals surface area contributed by atoms with Gasteiger partial charge >= 0.3 is 5.97 Å². The second kappa shape index (κ2) is 5.42. The Morgan fingerprint density at radius 1 is 1.45 bits per heavy atom. The minimum Gasteiger partial charge on any atom is -0.481 e. The van der Waals surface area contributed by atoms with E-state index < -0.39 is 11.4 Å². The lowest BCUT2D eigenvalue weighted by atomic mass is 9.90. The van der Waals surface area contributed by atoms with Crippen LogP contribution < -0.4 is 5.32 Å². The molecule has 0 aliphatic rings. The van der Waals surface area contributed by atoms with Crippen LogP contribution >= 0.6 is 22.9 Å². The van der Waals surface area contributed by atoms with Crippen LogP contribution in [-0.2, 0) is 10.2 Å². The molecule has 0 fully saturated rings. The van der Waals surface area contributed by atoms with E-state index in [1.54, 1.807) is 19.2 Å². The van der Waals surface area contributed by atoms with Gasteiger partial charge in [-0.05, 0) is 38.5 Å². The quantitative estimate of drug-likeness (QED) is 0.888. The average molecular weight is 311 g/mol. The summed E-state index contributed by atoms with van der Waals surface area (Å²) in [4.78, 5) is 15.6. The number of anilines is 2. The van der Waals surface area contributed by atoms with Crippen LogP contribution in [0.5, 0.6) is 0 Å². The van der Waals surface area contributed by atoms with E-state index >= 15 is 0 Å². The Morgan fingerprint density at radius 3 is 2.80 bits per heavy atom. The second-order valence-corrected chi connectivity index (χ2v) is 6.35. The Labute approximate surface area is 126 Å². The standard InChI is InChI=1S/C14H15ClN2O2S/c1-8-4-5-9(15)6-10(8)16-13-17-11(7-20-13)14(2,3)12(18)19/h4-7H,1-3H3,(H,16,17)(H,18,19). The third-order valence-corrected chi connectivity index (χ3v) is 4.11. The van der Waals surface area contributed by atoms with Gasteiger partial charge in [0.2, 0.25) is 0 Å². The molecule has 0 saturated carbocycles. The number of carbonyl (C=O) groups is 1. The van der Waals surface area contributed by atoms with Crippen LogP contribution in [0.1, 0.15) is 25.1 Å². The number of nitrogens with one attached hydrogen (secondary N) is 1. The van der Waals surface area contributed by atoms with Gasteiger partial charge in [0.15, 0.2) is 5.13 Å². The number of rotatable bonds is 4. The Balaban J connectivity index is 2.26. The summed E-state index contributed by atoms with van der Waals surface area (Å²) in [5.74, 6) is -0.895. The lowest BCUT2D eigenvalue weighted by Gasteiger charge is -2.15. The first-order valence-electron chi connectivity index (χ1n) is 6.03. The van der Waals surface area contributed by atoms with Crippen molar-refractivity contribution in [2.75, 3.05) is 5.32 Å². The topological polar surface area (TPSA) is 62.2 Å². The molecule has 0 saturated heterocycles. The zero-order chi connectivity index (χ0) is 14.9. The molecule has 0 atom stereocenters. The van der Waals surface area contributed by atoms with Gasteiger partial charge in [0.05, 0.1) is 5.69 Å². The van der Waals surface area contributed by atoms with Crippen molar-refractivity contribution in [3.63, 3.8) is 0 Å². The first-order chi connectivity index (χ1) is 9.30. The molecule has 1 heterocycles. The van der Waals surface area contributed by atoms with Gasteiger partial charge < -0.3 is 10.4 Å². The van der Waals surface area contributed by atoms with Crippen molar-refractivity contribution in [1.82, 2.24) is 4.98 Å². The first kappa shape index (κ1) is 14.8. The van der Waals surface area contributed by atoms with E-state index in [2.05, 4.69) is 10.3 Å². The number of thiazole rings is 1. The number of benzene rings is 1. The molecule has 0 aliphatic carbocycles. The molecular weight excluding hydrogens is 296 g/mol. The number of aliphatic carboxylic acids is 1. The summed E-state index contributed by atoms with van der Waals surface area (Å²) in [6.07, 6.45) is 0. The monoisotopic (exact) mass is 310 g/mol. The Morgan fingerprint density at radius 2 is 2.15 bits per heavy atom. The van der Waals surface area contributed by atoms with Crippen LogP contribution in [0.25, 0.3) is 0 Å². The molecule has 6 heteroatoms. The maximum Gasteiger partial charge on any atom is 0.315 e. The number of aromatic nitrogens is 1. The van der Waals surface area contributed by atoms with Crippen LogP contribution in [0.2, 0.25) is 5.02 Å². The third-order valence-electron chi connectivity index (χ3n) is 3.12. The van der Waals surface area contributed by atoms with Crippen LogP contribution in [0.3, 0.4) is 0 Å². The van der Waals surface area contributed by atoms with Crippen molar-refractivity contribution < 1.29 is 9.90 Å². The predicted molar refractivity (Wildman–Crippen MR) is 82.2 cm³/mol. The summed E-state index contributed by atoms with van der Waals surface area (Å²) >= 11 is 7.34. The fourth-order valence-corrected chi connectivity index (χ4v) is 2.63. The van der Waals surface area contributed by atoms with Gasteiger partial charge in [0, 0.05) is 16.1 Å². The van der Waals surface area contributed by atoms with E-state index in [1.807, 2.05) is 25.1 Å². The number of aryl methyl sites for hydroxylation is 1. The largest absolute Gasteiger partial charge is 0.481 e. The summed E-state index contributed by atoms with van der Waals surface area (Å²) in [6, 6.07) is 5.56. The van der Waals surface area contributed by atoms with Crippen LogP contribution in [0, 0.1) is 6.92 Å². The molecule has 2 N–H and O–H groups in total. The summed E-state index contributed by atoms with van der Waals surface area (Å²) in [5, 5.41) is 15.4. The maximum absolute atomic E-state index is 11.2. The lowest BCUT2D eigenvalue weighted by Crippen LogP contribution is -2.28. The maximum atomic E-state index is 11.2. The number of carboxylic acid groups (broad SMARTS) is 1. The van der Waals surface area contributed by atoms with Gasteiger partial charge in [-0.15, -0.1) is 11.3 Å². The van der Waals surface area contributed by atoms with Gasteiger partial charge in [-0.1, -0.05) is 17.7 Å². The number of halogens is 1. The van der Waals surface area contributed by atoms with E-state index in [-0.39, 0.29) is 0 Å². The zero-order valence-electron chi connectivity index (χ0n) is 11.4. The van der Waals surface area contributed by atoms with Crippen molar-refractivity contribution in [3.05, 3.63) is 39.9 Å².